The van der Waals surface area contributed by atoms with Gasteiger partial charge in [-0.2, -0.15) is 13.2 Å². The van der Waals surface area contributed by atoms with E-state index in [4.69, 9.17) is 0 Å². The zero-order valence-corrected chi connectivity index (χ0v) is 10.5. The molecule has 1 N–H and O–H groups in total. The van der Waals surface area contributed by atoms with E-state index in [0.29, 0.717) is 11.6 Å². The van der Waals surface area contributed by atoms with Gasteiger partial charge in [0.1, 0.15) is 0 Å². The molecule has 0 atom stereocenters. The Kier molecular flexibility index (Phi) is 3.30. The summed E-state index contributed by atoms with van der Waals surface area (Å²) in [6.07, 6.45) is -4.53. The van der Waals surface area contributed by atoms with Crippen molar-refractivity contribution in [3.63, 3.8) is 0 Å². The van der Waals surface area contributed by atoms with Crippen LogP contribution in [0.4, 0.5) is 13.2 Å². The SMILES string of the molecule is O=c1cc(C(F)(F)F)cc(-c2ccc(Br)cc2)[nH]1. The fourth-order valence-corrected chi connectivity index (χ4v) is 1.76. The number of pyridine rings is 1. The summed E-state index contributed by atoms with van der Waals surface area (Å²) in [5.74, 6) is 0. The molecular formula is C12H7BrF3NO. The number of rotatable bonds is 1. The molecule has 0 bridgehead atoms. The Morgan fingerprint density at radius 2 is 1.67 bits per heavy atom. The fraction of sp³-hybridized carbons (Fsp3) is 0.0833. The molecule has 0 fully saturated rings. The number of hydrogen-bond donors (Lipinski definition) is 1. The second-order valence-corrected chi connectivity index (χ2v) is 4.57. The van der Waals surface area contributed by atoms with Crippen LogP contribution < -0.4 is 5.56 Å². The molecule has 2 rings (SSSR count). The van der Waals surface area contributed by atoms with Crippen molar-refractivity contribution in [3.8, 4) is 11.3 Å². The molecule has 1 heterocycles. The third-order valence-electron chi connectivity index (χ3n) is 2.33. The molecule has 0 saturated heterocycles. The van der Waals surface area contributed by atoms with Crippen LogP contribution in [0.1, 0.15) is 5.56 Å². The maximum Gasteiger partial charge on any atom is 0.416 e. The minimum Gasteiger partial charge on any atom is -0.322 e. The molecule has 0 saturated carbocycles. The third kappa shape index (κ3) is 2.81. The molecule has 2 nitrogen and oxygen atoms in total. The highest BCUT2D eigenvalue weighted by molar-refractivity contribution is 9.10. The van der Waals surface area contributed by atoms with Crippen molar-refractivity contribution in [2.75, 3.05) is 0 Å². The average molecular weight is 318 g/mol. The third-order valence-corrected chi connectivity index (χ3v) is 2.86. The number of nitrogens with one attached hydrogen (secondary N) is 1. The molecular weight excluding hydrogens is 311 g/mol. The fourth-order valence-electron chi connectivity index (χ4n) is 1.49. The topological polar surface area (TPSA) is 32.9 Å². The lowest BCUT2D eigenvalue weighted by Gasteiger charge is -2.08. The molecule has 0 unspecified atom stereocenters. The molecule has 1 aromatic heterocycles. The Morgan fingerprint density at radius 3 is 2.22 bits per heavy atom. The molecule has 0 radical (unpaired) electrons. The Bertz CT molecular complexity index is 616. The molecule has 0 spiro atoms. The predicted octanol–water partition coefficient (Wildman–Crippen LogP) is 3.82. The van der Waals surface area contributed by atoms with E-state index in [1.54, 1.807) is 24.3 Å². The summed E-state index contributed by atoms with van der Waals surface area (Å²) in [4.78, 5) is 13.6. The summed E-state index contributed by atoms with van der Waals surface area (Å²) in [5, 5.41) is 0. The van der Waals surface area contributed by atoms with Crippen molar-refractivity contribution >= 4 is 15.9 Å². The van der Waals surface area contributed by atoms with E-state index in [1.807, 2.05) is 0 Å². The van der Waals surface area contributed by atoms with Gasteiger partial charge in [0.05, 0.1) is 5.56 Å². The largest absolute Gasteiger partial charge is 0.416 e. The first-order valence-corrected chi connectivity index (χ1v) is 5.73. The van der Waals surface area contributed by atoms with Crippen LogP contribution in [0.15, 0.2) is 45.7 Å². The Labute approximate surface area is 109 Å². The van der Waals surface area contributed by atoms with Crippen molar-refractivity contribution in [1.29, 1.82) is 0 Å². The molecule has 94 valence electrons. The number of halogens is 4. The van der Waals surface area contributed by atoms with E-state index in [1.165, 1.54) is 0 Å². The van der Waals surface area contributed by atoms with Crippen LogP contribution in [0.3, 0.4) is 0 Å². The van der Waals surface area contributed by atoms with Gasteiger partial charge in [-0.3, -0.25) is 4.79 Å². The zero-order valence-electron chi connectivity index (χ0n) is 8.88. The molecule has 2 aromatic rings. The summed E-state index contributed by atoms with van der Waals surface area (Å²) in [6.45, 7) is 0. The first kappa shape index (κ1) is 12.9. The second kappa shape index (κ2) is 4.61. The quantitative estimate of drug-likeness (QED) is 0.852. The van der Waals surface area contributed by atoms with Gasteiger partial charge in [0.2, 0.25) is 5.56 Å². The zero-order chi connectivity index (χ0) is 13.3. The van der Waals surface area contributed by atoms with Gasteiger partial charge in [0.15, 0.2) is 0 Å². The van der Waals surface area contributed by atoms with E-state index < -0.39 is 17.3 Å². The first-order valence-electron chi connectivity index (χ1n) is 4.94. The van der Waals surface area contributed by atoms with Crippen LogP contribution in [-0.2, 0) is 6.18 Å². The Morgan fingerprint density at radius 1 is 1.06 bits per heavy atom. The van der Waals surface area contributed by atoms with Crippen molar-refractivity contribution in [2.24, 2.45) is 0 Å². The van der Waals surface area contributed by atoms with Crippen molar-refractivity contribution < 1.29 is 13.2 Å². The summed E-state index contributed by atoms with van der Waals surface area (Å²) in [7, 11) is 0. The average Bonchev–Trinajstić information content (AvgIpc) is 2.28. The van der Waals surface area contributed by atoms with Crippen LogP contribution in [0, 0.1) is 0 Å². The van der Waals surface area contributed by atoms with Crippen LogP contribution in [0.2, 0.25) is 0 Å². The van der Waals surface area contributed by atoms with Gasteiger partial charge >= 0.3 is 6.18 Å². The van der Waals surface area contributed by atoms with E-state index in [9.17, 15) is 18.0 Å². The minimum atomic E-state index is -4.53. The molecule has 0 aliphatic heterocycles. The van der Waals surface area contributed by atoms with Crippen molar-refractivity contribution in [3.05, 3.63) is 56.8 Å². The summed E-state index contributed by atoms with van der Waals surface area (Å²) < 4.78 is 38.5. The Balaban J connectivity index is 2.55. The van der Waals surface area contributed by atoms with Gasteiger partial charge in [0.25, 0.3) is 0 Å². The Hall–Kier alpha value is -1.56. The van der Waals surface area contributed by atoms with Crippen molar-refractivity contribution in [1.82, 2.24) is 4.98 Å². The number of hydrogen-bond acceptors (Lipinski definition) is 1. The van der Waals surface area contributed by atoms with Gasteiger partial charge < -0.3 is 4.98 Å². The van der Waals surface area contributed by atoms with Crippen LogP contribution in [0.25, 0.3) is 11.3 Å². The summed E-state index contributed by atoms with van der Waals surface area (Å²) >= 11 is 3.23. The predicted molar refractivity (Wildman–Crippen MR) is 65.2 cm³/mol. The highest BCUT2D eigenvalue weighted by Gasteiger charge is 2.31. The van der Waals surface area contributed by atoms with Gasteiger partial charge in [-0.1, -0.05) is 28.1 Å². The second-order valence-electron chi connectivity index (χ2n) is 3.65. The molecule has 0 aliphatic carbocycles. The molecule has 18 heavy (non-hydrogen) atoms. The van der Waals surface area contributed by atoms with Gasteiger partial charge in [-0.25, -0.2) is 0 Å². The standard InChI is InChI=1S/C12H7BrF3NO/c13-9-3-1-7(2-4-9)10-5-8(12(14,15)16)6-11(18)17-10/h1-6H,(H,17,18). The lowest BCUT2D eigenvalue weighted by Crippen LogP contribution is -2.13. The maximum atomic E-state index is 12.6. The highest BCUT2D eigenvalue weighted by Crippen LogP contribution is 2.30. The number of benzene rings is 1. The number of aromatic nitrogens is 1. The van der Waals surface area contributed by atoms with Crippen LogP contribution in [-0.4, -0.2) is 4.98 Å². The highest BCUT2D eigenvalue weighted by atomic mass is 79.9. The van der Waals surface area contributed by atoms with E-state index in [-0.39, 0.29) is 5.69 Å². The molecule has 1 aromatic carbocycles. The summed E-state index contributed by atoms with van der Waals surface area (Å²) in [6, 6.07) is 8.08. The first-order chi connectivity index (χ1) is 8.36. The maximum absolute atomic E-state index is 12.6. The summed E-state index contributed by atoms with van der Waals surface area (Å²) in [5.41, 5.74) is -1.07. The monoisotopic (exact) mass is 317 g/mol. The smallest absolute Gasteiger partial charge is 0.322 e. The number of aromatic amines is 1. The van der Waals surface area contributed by atoms with Crippen LogP contribution >= 0.6 is 15.9 Å². The lowest BCUT2D eigenvalue weighted by molar-refractivity contribution is -0.137. The van der Waals surface area contributed by atoms with E-state index in [2.05, 4.69) is 20.9 Å². The molecule has 6 heteroatoms. The van der Waals surface area contributed by atoms with Crippen LogP contribution in [0.5, 0.6) is 0 Å². The van der Waals surface area contributed by atoms with Gasteiger partial charge in [-0.15, -0.1) is 0 Å². The number of alkyl halides is 3. The molecule has 0 aliphatic rings. The van der Waals surface area contributed by atoms with Crippen molar-refractivity contribution in [2.45, 2.75) is 6.18 Å². The van der Waals surface area contributed by atoms with Gasteiger partial charge in [0, 0.05) is 16.2 Å². The normalized spacial score (nSPS) is 11.6. The minimum absolute atomic E-state index is 0.141. The van der Waals surface area contributed by atoms with Gasteiger partial charge in [-0.05, 0) is 23.8 Å². The lowest BCUT2D eigenvalue weighted by atomic mass is 10.1. The molecule has 0 amide bonds. The van der Waals surface area contributed by atoms with E-state index in [0.717, 1.165) is 10.5 Å². The van der Waals surface area contributed by atoms with E-state index >= 15 is 0 Å². The number of H-pyrrole nitrogens is 1.